The summed E-state index contributed by atoms with van der Waals surface area (Å²) in [6.45, 7) is 5.42. The van der Waals surface area contributed by atoms with E-state index in [0.717, 1.165) is 17.5 Å². The highest BCUT2D eigenvalue weighted by atomic mass is 19.1. The second kappa shape index (κ2) is 7.59. The molecule has 0 unspecified atom stereocenters. The van der Waals surface area contributed by atoms with Crippen LogP contribution in [-0.4, -0.2) is 30.4 Å². The van der Waals surface area contributed by atoms with E-state index in [1.807, 2.05) is 6.92 Å². The third kappa shape index (κ3) is 3.90. The van der Waals surface area contributed by atoms with Gasteiger partial charge in [-0.2, -0.15) is 10.2 Å². The Balaban J connectivity index is 1.73. The SMILES string of the molecule is Cc1nn(Cc2ccc(F)cc2)c(C)c1NC(=O)Cn1ncc([N+](=O)[O-])c1C. The molecule has 0 spiro atoms. The van der Waals surface area contributed by atoms with Gasteiger partial charge >= 0.3 is 5.69 Å². The minimum Gasteiger partial charge on any atom is -0.321 e. The number of aromatic nitrogens is 4. The number of nitrogens with zero attached hydrogens (tertiary/aromatic N) is 5. The summed E-state index contributed by atoms with van der Waals surface area (Å²) in [6, 6.07) is 6.12. The number of halogens is 1. The van der Waals surface area contributed by atoms with Crippen LogP contribution >= 0.6 is 0 Å². The molecule has 146 valence electrons. The summed E-state index contributed by atoms with van der Waals surface area (Å²) >= 11 is 0. The Hall–Kier alpha value is -3.56. The van der Waals surface area contributed by atoms with E-state index in [9.17, 15) is 19.3 Å². The van der Waals surface area contributed by atoms with Crippen LogP contribution in [0.25, 0.3) is 0 Å². The summed E-state index contributed by atoms with van der Waals surface area (Å²) in [4.78, 5) is 22.8. The van der Waals surface area contributed by atoms with Gasteiger partial charge in [0.05, 0.1) is 28.5 Å². The molecule has 28 heavy (non-hydrogen) atoms. The van der Waals surface area contributed by atoms with E-state index in [0.29, 0.717) is 23.6 Å². The van der Waals surface area contributed by atoms with Gasteiger partial charge in [0.15, 0.2) is 0 Å². The zero-order valence-electron chi connectivity index (χ0n) is 15.6. The van der Waals surface area contributed by atoms with Gasteiger partial charge in [0.2, 0.25) is 5.91 Å². The smallest absolute Gasteiger partial charge is 0.309 e. The number of hydrogen-bond donors (Lipinski definition) is 1. The number of nitrogens with one attached hydrogen (secondary N) is 1. The Morgan fingerprint density at radius 1 is 1.18 bits per heavy atom. The lowest BCUT2D eigenvalue weighted by atomic mass is 10.2. The first-order valence-corrected chi connectivity index (χ1v) is 8.51. The van der Waals surface area contributed by atoms with E-state index in [1.54, 1.807) is 23.7 Å². The van der Waals surface area contributed by atoms with Crippen LogP contribution in [0, 0.1) is 36.7 Å². The Labute approximate surface area is 159 Å². The van der Waals surface area contributed by atoms with Gasteiger partial charge in [-0.3, -0.25) is 24.3 Å². The van der Waals surface area contributed by atoms with Crippen molar-refractivity contribution in [2.24, 2.45) is 0 Å². The van der Waals surface area contributed by atoms with Crippen LogP contribution in [0.5, 0.6) is 0 Å². The first-order chi connectivity index (χ1) is 13.3. The van der Waals surface area contributed by atoms with Crippen molar-refractivity contribution in [1.82, 2.24) is 19.6 Å². The molecule has 0 saturated carbocycles. The predicted molar refractivity (Wildman–Crippen MR) is 99.5 cm³/mol. The summed E-state index contributed by atoms with van der Waals surface area (Å²) < 4.78 is 16.1. The number of hydrogen-bond acceptors (Lipinski definition) is 5. The number of nitro groups is 1. The van der Waals surface area contributed by atoms with Crippen molar-refractivity contribution >= 4 is 17.3 Å². The Morgan fingerprint density at radius 2 is 1.86 bits per heavy atom. The molecule has 3 aromatic rings. The molecule has 1 N–H and O–H groups in total. The summed E-state index contributed by atoms with van der Waals surface area (Å²) in [6.07, 6.45) is 1.12. The summed E-state index contributed by atoms with van der Waals surface area (Å²) in [5.41, 5.74) is 3.01. The predicted octanol–water partition coefficient (Wildman–Crippen LogP) is 2.74. The zero-order valence-corrected chi connectivity index (χ0v) is 15.6. The quantitative estimate of drug-likeness (QED) is 0.518. The number of carbonyl (C=O) groups is 1. The molecule has 0 atom stereocenters. The van der Waals surface area contributed by atoms with Crippen LogP contribution in [-0.2, 0) is 17.9 Å². The highest BCUT2D eigenvalue weighted by Crippen LogP contribution is 2.21. The van der Waals surface area contributed by atoms with E-state index in [1.165, 1.54) is 23.7 Å². The van der Waals surface area contributed by atoms with Crippen molar-refractivity contribution in [3.8, 4) is 0 Å². The molecule has 0 bridgehead atoms. The van der Waals surface area contributed by atoms with E-state index in [4.69, 9.17) is 0 Å². The largest absolute Gasteiger partial charge is 0.321 e. The molecule has 2 heterocycles. The van der Waals surface area contributed by atoms with E-state index >= 15 is 0 Å². The van der Waals surface area contributed by atoms with Gasteiger partial charge in [-0.05, 0) is 38.5 Å². The monoisotopic (exact) mass is 386 g/mol. The second-order valence-corrected chi connectivity index (χ2v) is 6.41. The highest BCUT2D eigenvalue weighted by Gasteiger charge is 2.19. The minimum atomic E-state index is -0.537. The van der Waals surface area contributed by atoms with Crippen molar-refractivity contribution in [2.75, 3.05) is 5.32 Å². The van der Waals surface area contributed by atoms with Gasteiger partial charge < -0.3 is 5.32 Å². The molecule has 9 nitrogen and oxygen atoms in total. The maximum absolute atomic E-state index is 13.1. The van der Waals surface area contributed by atoms with Crippen LogP contribution in [0.15, 0.2) is 30.5 Å². The molecule has 1 aromatic carbocycles. The Kier molecular flexibility index (Phi) is 5.21. The molecule has 0 saturated heterocycles. The fourth-order valence-electron chi connectivity index (χ4n) is 2.88. The molecule has 0 aliphatic rings. The average Bonchev–Trinajstić information content (AvgIpc) is 3.12. The highest BCUT2D eigenvalue weighted by molar-refractivity contribution is 5.91. The lowest BCUT2D eigenvalue weighted by molar-refractivity contribution is -0.385. The van der Waals surface area contributed by atoms with Gasteiger partial charge in [0, 0.05) is 0 Å². The fraction of sp³-hybridized carbons (Fsp3) is 0.278. The van der Waals surface area contributed by atoms with Gasteiger partial charge in [0.1, 0.15) is 24.3 Å². The molecule has 0 aliphatic carbocycles. The van der Waals surface area contributed by atoms with Gasteiger partial charge in [0.25, 0.3) is 0 Å². The van der Waals surface area contributed by atoms with Crippen LogP contribution in [0.1, 0.15) is 22.6 Å². The summed E-state index contributed by atoms with van der Waals surface area (Å²) in [7, 11) is 0. The topological polar surface area (TPSA) is 108 Å². The van der Waals surface area contributed by atoms with Crippen molar-refractivity contribution in [1.29, 1.82) is 0 Å². The van der Waals surface area contributed by atoms with Crippen LogP contribution in [0.4, 0.5) is 15.8 Å². The van der Waals surface area contributed by atoms with Crippen molar-refractivity contribution in [3.05, 3.63) is 69.0 Å². The number of carbonyl (C=O) groups excluding carboxylic acids is 1. The van der Waals surface area contributed by atoms with Gasteiger partial charge in [-0.1, -0.05) is 12.1 Å². The summed E-state index contributed by atoms with van der Waals surface area (Å²) in [5.74, 6) is -0.673. The number of amides is 1. The first-order valence-electron chi connectivity index (χ1n) is 8.51. The van der Waals surface area contributed by atoms with Crippen LogP contribution in [0.2, 0.25) is 0 Å². The molecule has 0 fully saturated rings. The zero-order chi connectivity index (χ0) is 20.4. The number of rotatable bonds is 6. The van der Waals surface area contributed by atoms with Crippen molar-refractivity contribution in [2.45, 2.75) is 33.9 Å². The molecule has 2 aromatic heterocycles. The molecule has 3 rings (SSSR count). The standard InChI is InChI=1S/C18H19FN6O3/c1-11-18(13(3)24(22-11)9-14-4-6-15(19)7-5-14)21-17(26)10-23-12(2)16(8-20-23)25(27)28/h4-8H,9-10H2,1-3H3,(H,21,26). The summed E-state index contributed by atoms with van der Waals surface area (Å²) in [5, 5.41) is 22.0. The fourth-order valence-corrected chi connectivity index (χ4v) is 2.88. The Morgan fingerprint density at radius 3 is 2.46 bits per heavy atom. The minimum absolute atomic E-state index is 0.132. The maximum Gasteiger partial charge on any atom is 0.309 e. The molecule has 0 aliphatic heterocycles. The second-order valence-electron chi connectivity index (χ2n) is 6.41. The number of anilines is 1. The third-order valence-corrected chi connectivity index (χ3v) is 4.46. The first kappa shape index (κ1) is 19.2. The molecule has 0 radical (unpaired) electrons. The third-order valence-electron chi connectivity index (χ3n) is 4.46. The molecule has 1 amide bonds. The van der Waals surface area contributed by atoms with E-state index in [-0.39, 0.29) is 24.0 Å². The lowest BCUT2D eigenvalue weighted by Crippen LogP contribution is -2.21. The number of aryl methyl sites for hydroxylation is 1. The molecular weight excluding hydrogens is 367 g/mol. The Bertz CT molecular complexity index is 1040. The van der Waals surface area contributed by atoms with Crippen molar-refractivity contribution in [3.63, 3.8) is 0 Å². The van der Waals surface area contributed by atoms with Gasteiger partial charge in [-0.15, -0.1) is 0 Å². The maximum atomic E-state index is 13.1. The molecular formula is C18H19FN6O3. The van der Waals surface area contributed by atoms with Crippen LogP contribution in [0.3, 0.4) is 0 Å². The van der Waals surface area contributed by atoms with Crippen LogP contribution < -0.4 is 5.32 Å². The van der Waals surface area contributed by atoms with E-state index < -0.39 is 4.92 Å². The van der Waals surface area contributed by atoms with Gasteiger partial charge in [-0.25, -0.2) is 4.39 Å². The lowest BCUT2D eigenvalue weighted by Gasteiger charge is -2.08. The normalized spacial score (nSPS) is 10.9. The average molecular weight is 386 g/mol. The number of benzene rings is 1. The van der Waals surface area contributed by atoms with Crippen molar-refractivity contribution < 1.29 is 14.1 Å². The molecule has 10 heteroatoms. The van der Waals surface area contributed by atoms with E-state index in [2.05, 4.69) is 15.5 Å².